The maximum atomic E-state index is 13.5. The molecule has 10 nitrogen and oxygen atoms in total. The molecule has 0 fully saturated rings. The normalized spacial score (nSPS) is 16.4. The minimum atomic E-state index is -0.674. The maximum Gasteiger partial charge on any atom is 0.305 e. The molecule has 5 heterocycles. The fraction of sp³-hybridized carbons (Fsp3) is 0.452. The molecule has 0 saturated carbocycles. The lowest BCUT2D eigenvalue weighted by molar-refractivity contribution is -0.141. The van der Waals surface area contributed by atoms with Gasteiger partial charge in [-0.1, -0.05) is 25.8 Å². The lowest BCUT2D eigenvalue weighted by atomic mass is 9.76. The highest BCUT2D eigenvalue weighted by atomic mass is 16.5. The van der Waals surface area contributed by atoms with E-state index in [1.54, 1.807) is 19.0 Å². The Bertz CT molecular complexity index is 2100. The van der Waals surface area contributed by atoms with Gasteiger partial charge in [-0.25, -0.2) is 4.98 Å². The Hall–Kier alpha value is -4.99. The van der Waals surface area contributed by atoms with Gasteiger partial charge in [0.25, 0.3) is 0 Å². The second kappa shape index (κ2) is 16.1. The molecule has 0 aromatic carbocycles. The van der Waals surface area contributed by atoms with Crippen molar-refractivity contribution in [2.24, 2.45) is 0 Å². The van der Waals surface area contributed by atoms with Crippen molar-refractivity contribution in [2.75, 3.05) is 28.3 Å². The molecule has 2 N–H and O–H groups in total. The first-order valence-corrected chi connectivity index (χ1v) is 18.3. The van der Waals surface area contributed by atoms with Gasteiger partial charge in [-0.15, -0.1) is 0 Å². The number of aromatic nitrogens is 4. The van der Waals surface area contributed by atoms with E-state index in [0.717, 1.165) is 104 Å². The molecule has 2 aliphatic rings. The minimum Gasteiger partial charge on any atom is -0.469 e. The number of aryl methyl sites for hydroxylation is 3. The minimum absolute atomic E-state index is 0.0289. The van der Waals surface area contributed by atoms with Crippen LogP contribution in [0.4, 0.5) is 0 Å². The molecule has 276 valence electrons. The summed E-state index contributed by atoms with van der Waals surface area (Å²) in [5, 5.41) is 0. The van der Waals surface area contributed by atoms with Crippen LogP contribution in [0.2, 0.25) is 0 Å². The molecule has 0 saturated heterocycles. The summed E-state index contributed by atoms with van der Waals surface area (Å²) < 4.78 is 9.99. The molecule has 0 spiro atoms. The molecule has 2 aliphatic heterocycles. The first-order valence-electron chi connectivity index (χ1n) is 18.3. The average Bonchev–Trinajstić information content (AvgIpc) is 3.78. The molecule has 0 unspecified atom stereocenters. The first kappa shape index (κ1) is 38.2. The van der Waals surface area contributed by atoms with Crippen LogP contribution in [0.1, 0.15) is 112 Å². The van der Waals surface area contributed by atoms with Crippen LogP contribution in [0.5, 0.6) is 0 Å². The number of esters is 2. The van der Waals surface area contributed by atoms with E-state index in [1.165, 1.54) is 14.2 Å². The molecule has 3 aromatic heterocycles. The average molecular weight is 708 g/mol. The number of carbonyl (C=O) groups is 3. The standard InChI is InChI=1S/C42H53N5O5/c1-10-11-12-13-14-31-37-22-34-27(4)30(16-18-41(50)52-9)36(45-34)23-35-29(15-17-40(49)51-8)26(3)33(44-35)21-32-25(2)19-28(43-32)20-38(46-37)42(31,5)24-39(48)47(6)7/h14,19-23,43,45H,10-13,15-18,24H2,1-9H3/b28-20?,31-14-,32-21?,33-21?,34-22?,35-23?,36-23?,37-22?,38-20?/t42-/m1/s1. The number of aromatic amines is 2. The number of rotatable bonds is 12. The monoisotopic (exact) mass is 707 g/mol. The Morgan fingerprint density at radius 1 is 0.827 bits per heavy atom. The third kappa shape index (κ3) is 8.06. The third-order valence-electron chi connectivity index (χ3n) is 10.5. The van der Waals surface area contributed by atoms with E-state index in [9.17, 15) is 14.4 Å². The van der Waals surface area contributed by atoms with Crippen molar-refractivity contribution < 1.29 is 23.9 Å². The maximum absolute atomic E-state index is 13.5. The first-order chi connectivity index (χ1) is 24.8. The summed E-state index contributed by atoms with van der Waals surface area (Å²) in [6.45, 7) is 10.5. The van der Waals surface area contributed by atoms with Crippen molar-refractivity contribution in [1.82, 2.24) is 24.8 Å². The Balaban J connectivity index is 1.88. The number of methoxy groups -OCH3 is 2. The molecular formula is C42H53N5O5. The Kier molecular flexibility index (Phi) is 11.9. The van der Waals surface area contributed by atoms with Gasteiger partial charge in [0.05, 0.1) is 37.0 Å². The number of H-pyrrole nitrogens is 2. The summed E-state index contributed by atoms with van der Waals surface area (Å²) >= 11 is 0. The van der Waals surface area contributed by atoms with Crippen molar-refractivity contribution in [2.45, 2.75) is 97.8 Å². The van der Waals surface area contributed by atoms with E-state index < -0.39 is 5.41 Å². The molecule has 3 aromatic rings. The summed E-state index contributed by atoms with van der Waals surface area (Å²) in [6.07, 6.45) is 8.07. The number of hydrogen-bond acceptors (Lipinski definition) is 7. The van der Waals surface area contributed by atoms with Gasteiger partial charge in [-0.2, -0.15) is 0 Å². The molecule has 1 amide bonds. The smallest absolute Gasteiger partial charge is 0.305 e. The van der Waals surface area contributed by atoms with Gasteiger partial charge >= 0.3 is 11.9 Å². The van der Waals surface area contributed by atoms with E-state index in [-0.39, 0.29) is 37.1 Å². The largest absolute Gasteiger partial charge is 0.469 e. The van der Waals surface area contributed by atoms with Crippen LogP contribution >= 0.6 is 0 Å². The van der Waals surface area contributed by atoms with Crippen LogP contribution in [-0.4, -0.2) is 71.0 Å². The highest BCUT2D eigenvalue weighted by molar-refractivity contribution is 5.94. The van der Waals surface area contributed by atoms with E-state index >= 15 is 0 Å². The van der Waals surface area contributed by atoms with Gasteiger partial charge < -0.3 is 24.3 Å². The second-order valence-corrected chi connectivity index (χ2v) is 14.4. The molecule has 0 radical (unpaired) electrons. The fourth-order valence-electron chi connectivity index (χ4n) is 7.17. The van der Waals surface area contributed by atoms with Crippen LogP contribution in [-0.2, 0) is 35.7 Å². The van der Waals surface area contributed by atoms with Crippen molar-refractivity contribution in [3.8, 4) is 0 Å². The number of unbranched alkanes of at least 4 members (excludes halogenated alkanes) is 3. The predicted molar refractivity (Wildman–Crippen MR) is 207 cm³/mol. The number of nitrogens with zero attached hydrogens (tertiary/aromatic N) is 3. The lowest BCUT2D eigenvalue weighted by Gasteiger charge is -2.27. The van der Waals surface area contributed by atoms with Crippen molar-refractivity contribution in [1.29, 1.82) is 0 Å². The van der Waals surface area contributed by atoms with Gasteiger partial charge in [0.2, 0.25) is 5.91 Å². The summed E-state index contributed by atoms with van der Waals surface area (Å²) in [5.41, 5.74) is 12.0. The quantitative estimate of drug-likeness (QED) is 0.143. The van der Waals surface area contributed by atoms with Crippen molar-refractivity contribution in [3.05, 3.63) is 75.9 Å². The summed E-state index contributed by atoms with van der Waals surface area (Å²) in [5.74, 6) is -0.544. The van der Waals surface area contributed by atoms with Gasteiger partial charge in [0, 0.05) is 60.8 Å². The zero-order chi connectivity index (χ0) is 37.7. The van der Waals surface area contributed by atoms with E-state index in [0.29, 0.717) is 12.8 Å². The molecule has 8 bridgehead atoms. The van der Waals surface area contributed by atoms with Crippen LogP contribution < -0.4 is 0 Å². The Labute approximate surface area is 306 Å². The summed E-state index contributed by atoms with van der Waals surface area (Å²) in [4.78, 5) is 57.4. The number of carbonyl (C=O) groups excluding carboxylic acids is 3. The van der Waals surface area contributed by atoms with Crippen molar-refractivity contribution >= 4 is 56.6 Å². The molecule has 52 heavy (non-hydrogen) atoms. The van der Waals surface area contributed by atoms with E-state index in [2.05, 4.69) is 61.9 Å². The summed E-state index contributed by atoms with van der Waals surface area (Å²) in [6, 6.07) is 10.3. The third-order valence-corrected chi connectivity index (χ3v) is 10.5. The number of nitrogens with one attached hydrogen (secondary N) is 2. The Morgan fingerprint density at radius 2 is 1.50 bits per heavy atom. The van der Waals surface area contributed by atoms with Gasteiger partial charge in [0.1, 0.15) is 0 Å². The van der Waals surface area contributed by atoms with Crippen molar-refractivity contribution in [3.63, 3.8) is 0 Å². The van der Waals surface area contributed by atoms with Crippen LogP contribution in [0.25, 0.3) is 38.8 Å². The zero-order valence-corrected chi connectivity index (χ0v) is 32.2. The second-order valence-electron chi connectivity index (χ2n) is 14.4. The molecule has 5 rings (SSSR count). The topological polar surface area (TPSA) is 130 Å². The molecule has 0 aliphatic carbocycles. The molecule has 1 atom stereocenters. The van der Waals surface area contributed by atoms with Gasteiger partial charge in [-0.3, -0.25) is 19.4 Å². The zero-order valence-electron chi connectivity index (χ0n) is 32.2. The fourth-order valence-corrected chi connectivity index (χ4v) is 7.17. The van der Waals surface area contributed by atoms with E-state index in [4.69, 9.17) is 19.4 Å². The summed E-state index contributed by atoms with van der Waals surface area (Å²) in [7, 11) is 6.39. The SMILES string of the molecule is CCCCC/C=C1/c2cc3[nH]c(cc4nc(cc5[nH]c(cc(n2)[C@]1(C)CC(=O)N(C)C)cc5C)C(C)=C4CCC(=O)OC)c(CCC(=O)OC)c3C. The number of allylic oxidation sites excluding steroid dienone is 4. The van der Waals surface area contributed by atoms with Gasteiger partial charge in [0.15, 0.2) is 0 Å². The number of fused-ring (bicyclic) bond motifs is 8. The highest BCUT2D eigenvalue weighted by Gasteiger charge is 2.40. The van der Waals surface area contributed by atoms with E-state index in [1.807, 2.05) is 19.1 Å². The number of hydrogen-bond donors (Lipinski definition) is 2. The Morgan fingerprint density at radius 3 is 2.17 bits per heavy atom. The molecular weight excluding hydrogens is 654 g/mol. The molecule has 10 heteroatoms. The van der Waals surface area contributed by atoms with Crippen LogP contribution in [0.3, 0.4) is 0 Å². The predicted octanol–water partition coefficient (Wildman–Crippen LogP) is 8.32. The van der Waals surface area contributed by atoms with Gasteiger partial charge in [-0.05, 0) is 117 Å². The highest BCUT2D eigenvalue weighted by Crippen LogP contribution is 2.45. The lowest BCUT2D eigenvalue weighted by Crippen LogP contribution is -2.31. The van der Waals surface area contributed by atoms with Crippen LogP contribution in [0, 0.1) is 13.8 Å². The number of amides is 1. The number of ether oxygens (including phenoxy) is 2. The van der Waals surface area contributed by atoms with Crippen LogP contribution in [0.15, 0.2) is 36.4 Å².